The topological polar surface area (TPSA) is 92.4 Å². The van der Waals surface area contributed by atoms with Gasteiger partial charge in [0.05, 0.1) is 6.42 Å². The molecule has 0 spiro atoms. The molecule has 1 amide bonds. The largest absolute Gasteiger partial charge is 0.481 e. The Morgan fingerprint density at radius 1 is 1.38 bits per heavy atom. The molecule has 0 radical (unpaired) electrons. The van der Waals surface area contributed by atoms with E-state index in [0.717, 1.165) is 5.56 Å². The van der Waals surface area contributed by atoms with E-state index in [9.17, 15) is 9.59 Å². The van der Waals surface area contributed by atoms with Crippen molar-refractivity contribution in [2.24, 2.45) is 5.73 Å². The highest BCUT2D eigenvalue weighted by molar-refractivity contribution is 5.94. The number of carboxylic acid groups (broad SMARTS) is 1. The van der Waals surface area contributed by atoms with Gasteiger partial charge >= 0.3 is 5.97 Å². The molecule has 0 aliphatic heterocycles. The molecule has 5 heteroatoms. The number of nitrogens with two attached hydrogens (primary N) is 1. The summed E-state index contributed by atoms with van der Waals surface area (Å²) in [5.74, 6) is -1.22. The van der Waals surface area contributed by atoms with Crippen molar-refractivity contribution in [2.75, 3.05) is 6.54 Å². The highest BCUT2D eigenvalue weighted by atomic mass is 16.4. The number of amides is 1. The predicted molar refractivity (Wildman–Crippen MR) is 58.9 cm³/mol. The molecular formula is C11H14N2O3. The Morgan fingerprint density at radius 2 is 2.12 bits per heavy atom. The molecule has 0 heterocycles. The van der Waals surface area contributed by atoms with Crippen molar-refractivity contribution in [1.29, 1.82) is 0 Å². The SMILES string of the molecule is NCc1cccc(C(=O)NCCC(=O)O)c1. The second-order valence-corrected chi connectivity index (χ2v) is 3.30. The highest BCUT2D eigenvalue weighted by Gasteiger charge is 2.05. The third-order valence-corrected chi connectivity index (χ3v) is 2.05. The number of hydrogen-bond donors (Lipinski definition) is 3. The molecule has 0 aliphatic rings. The van der Waals surface area contributed by atoms with E-state index < -0.39 is 5.97 Å². The van der Waals surface area contributed by atoms with Crippen molar-refractivity contribution < 1.29 is 14.7 Å². The van der Waals surface area contributed by atoms with Gasteiger partial charge in [-0.2, -0.15) is 0 Å². The third kappa shape index (κ3) is 3.70. The minimum absolute atomic E-state index is 0.0810. The molecule has 1 aromatic carbocycles. The molecule has 0 aliphatic carbocycles. The second-order valence-electron chi connectivity index (χ2n) is 3.30. The Kier molecular flexibility index (Phi) is 4.47. The zero-order valence-electron chi connectivity index (χ0n) is 8.77. The minimum atomic E-state index is -0.934. The van der Waals surface area contributed by atoms with Gasteiger partial charge in [-0.1, -0.05) is 12.1 Å². The van der Waals surface area contributed by atoms with Crippen LogP contribution in [0.5, 0.6) is 0 Å². The maximum atomic E-state index is 11.5. The standard InChI is InChI=1S/C11H14N2O3/c12-7-8-2-1-3-9(6-8)11(16)13-5-4-10(14)15/h1-3,6H,4-5,7,12H2,(H,13,16)(H,14,15). The van der Waals surface area contributed by atoms with Gasteiger partial charge in [0, 0.05) is 18.7 Å². The van der Waals surface area contributed by atoms with Gasteiger partial charge in [-0.15, -0.1) is 0 Å². The van der Waals surface area contributed by atoms with Crippen LogP contribution in [-0.2, 0) is 11.3 Å². The van der Waals surface area contributed by atoms with E-state index in [0.29, 0.717) is 12.1 Å². The number of benzene rings is 1. The van der Waals surface area contributed by atoms with Crippen LogP contribution in [-0.4, -0.2) is 23.5 Å². The van der Waals surface area contributed by atoms with Crippen molar-refractivity contribution in [2.45, 2.75) is 13.0 Å². The summed E-state index contributed by atoms with van der Waals surface area (Å²) in [6.07, 6.45) is -0.0810. The fourth-order valence-electron chi connectivity index (χ4n) is 1.22. The molecule has 5 nitrogen and oxygen atoms in total. The Hall–Kier alpha value is -1.88. The van der Waals surface area contributed by atoms with E-state index >= 15 is 0 Å². The lowest BCUT2D eigenvalue weighted by Gasteiger charge is -2.04. The zero-order chi connectivity index (χ0) is 12.0. The lowest BCUT2D eigenvalue weighted by molar-refractivity contribution is -0.136. The maximum absolute atomic E-state index is 11.5. The Morgan fingerprint density at radius 3 is 2.75 bits per heavy atom. The number of aliphatic carboxylic acids is 1. The van der Waals surface area contributed by atoms with Crippen molar-refractivity contribution in [3.05, 3.63) is 35.4 Å². The second kappa shape index (κ2) is 5.87. The summed E-state index contributed by atoms with van der Waals surface area (Å²) < 4.78 is 0. The predicted octanol–water partition coefficient (Wildman–Crippen LogP) is 0.350. The highest BCUT2D eigenvalue weighted by Crippen LogP contribution is 2.04. The van der Waals surface area contributed by atoms with Crippen LogP contribution in [0.2, 0.25) is 0 Å². The first-order chi connectivity index (χ1) is 7.63. The van der Waals surface area contributed by atoms with Gasteiger partial charge < -0.3 is 16.2 Å². The smallest absolute Gasteiger partial charge is 0.305 e. The number of rotatable bonds is 5. The number of carbonyl (C=O) groups is 2. The van der Waals surface area contributed by atoms with E-state index in [1.807, 2.05) is 6.07 Å². The fourth-order valence-corrected chi connectivity index (χ4v) is 1.22. The van der Waals surface area contributed by atoms with E-state index in [-0.39, 0.29) is 18.9 Å². The number of carbonyl (C=O) groups excluding carboxylic acids is 1. The first-order valence-electron chi connectivity index (χ1n) is 4.92. The van der Waals surface area contributed by atoms with Gasteiger partial charge in [-0.3, -0.25) is 9.59 Å². The van der Waals surface area contributed by atoms with Gasteiger partial charge in [-0.05, 0) is 17.7 Å². The summed E-state index contributed by atoms with van der Waals surface area (Å²) in [4.78, 5) is 21.8. The van der Waals surface area contributed by atoms with Crippen molar-refractivity contribution in [3.63, 3.8) is 0 Å². The summed E-state index contributed by atoms with van der Waals surface area (Å²) >= 11 is 0. The lowest BCUT2D eigenvalue weighted by atomic mass is 10.1. The van der Waals surface area contributed by atoms with Crippen LogP contribution in [0, 0.1) is 0 Å². The third-order valence-electron chi connectivity index (χ3n) is 2.05. The summed E-state index contributed by atoms with van der Waals surface area (Å²) in [5, 5.41) is 10.9. The molecule has 0 unspecified atom stereocenters. The van der Waals surface area contributed by atoms with Crippen LogP contribution < -0.4 is 11.1 Å². The first kappa shape index (κ1) is 12.2. The number of hydrogen-bond acceptors (Lipinski definition) is 3. The normalized spacial score (nSPS) is 9.81. The molecule has 86 valence electrons. The molecule has 4 N–H and O–H groups in total. The molecule has 0 fully saturated rings. The van der Waals surface area contributed by atoms with Gasteiger partial charge in [-0.25, -0.2) is 0 Å². The van der Waals surface area contributed by atoms with Crippen LogP contribution >= 0.6 is 0 Å². The maximum Gasteiger partial charge on any atom is 0.305 e. The van der Waals surface area contributed by atoms with Crippen LogP contribution in [0.1, 0.15) is 22.3 Å². The number of nitrogens with one attached hydrogen (secondary N) is 1. The molecule has 1 rings (SSSR count). The molecule has 1 aromatic rings. The van der Waals surface area contributed by atoms with Crippen LogP contribution in [0.4, 0.5) is 0 Å². The Labute approximate surface area is 93.3 Å². The molecule has 0 saturated carbocycles. The van der Waals surface area contributed by atoms with Crippen LogP contribution in [0.25, 0.3) is 0 Å². The summed E-state index contributed by atoms with van der Waals surface area (Å²) in [5.41, 5.74) is 6.81. The molecule has 0 bridgehead atoms. The van der Waals surface area contributed by atoms with Crippen LogP contribution in [0.3, 0.4) is 0 Å². The molecule has 16 heavy (non-hydrogen) atoms. The van der Waals surface area contributed by atoms with E-state index in [4.69, 9.17) is 10.8 Å². The van der Waals surface area contributed by atoms with Crippen LogP contribution in [0.15, 0.2) is 24.3 Å². The van der Waals surface area contributed by atoms with Gasteiger partial charge in [0.2, 0.25) is 0 Å². The van der Waals surface area contributed by atoms with Crippen molar-refractivity contribution in [3.8, 4) is 0 Å². The summed E-state index contributed by atoms with van der Waals surface area (Å²) in [7, 11) is 0. The zero-order valence-corrected chi connectivity index (χ0v) is 8.77. The number of carboxylic acids is 1. The fraction of sp³-hybridized carbons (Fsp3) is 0.273. The van der Waals surface area contributed by atoms with Gasteiger partial charge in [0.1, 0.15) is 0 Å². The van der Waals surface area contributed by atoms with Gasteiger partial charge in [0.25, 0.3) is 5.91 Å². The molecule has 0 aromatic heterocycles. The Bertz CT molecular complexity index is 391. The molecule has 0 atom stereocenters. The Balaban J connectivity index is 2.55. The quantitative estimate of drug-likeness (QED) is 0.670. The summed E-state index contributed by atoms with van der Waals surface area (Å²) in [6.45, 7) is 0.497. The summed E-state index contributed by atoms with van der Waals surface area (Å²) in [6, 6.07) is 6.92. The van der Waals surface area contributed by atoms with E-state index in [1.54, 1.807) is 18.2 Å². The van der Waals surface area contributed by atoms with Crippen molar-refractivity contribution in [1.82, 2.24) is 5.32 Å². The molecule has 0 saturated heterocycles. The van der Waals surface area contributed by atoms with Crippen molar-refractivity contribution >= 4 is 11.9 Å². The average molecular weight is 222 g/mol. The van der Waals surface area contributed by atoms with Gasteiger partial charge in [0.15, 0.2) is 0 Å². The first-order valence-corrected chi connectivity index (χ1v) is 4.92. The lowest BCUT2D eigenvalue weighted by Crippen LogP contribution is -2.26. The van der Waals surface area contributed by atoms with E-state index in [1.165, 1.54) is 0 Å². The monoisotopic (exact) mass is 222 g/mol. The molecular weight excluding hydrogens is 208 g/mol. The van der Waals surface area contributed by atoms with E-state index in [2.05, 4.69) is 5.32 Å². The minimum Gasteiger partial charge on any atom is -0.481 e. The average Bonchev–Trinajstić information content (AvgIpc) is 2.28.